The van der Waals surface area contributed by atoms with Crippen LogP contribution in [-0.4, -0.2) is 36.6 Å². The molecule has 0 aromatic heterocycles. The average Bonchev–Trinajstić information content (AvgIpc) is 2.59. The smallest absolute Gasteiger partial charge is 0.351 e. The number of amides is 1. The fourth-order valence-electron chi connectivity index (χ4n) is 2.66. The van der Waals surface area contributed by atoms with E-state index in [9.17, 15) is 31.3 Å². The van der Waals surface area contributed by atoms with E-state index >= 15 is 0 Å². The molecule has 150 valence electrons. The van der Waals surface area contributed by atoms with Gasteiger partial charge in [-0.05, 0) is 53.6 Å². The molecule has 0 unspecified atom stereocenters. The van der Waals surface area contributed by atoms with Crippen molar-refractivity contribution in [1.82, 2.24) is 5.32 Å². The number of hydrogen-bond acceptors (Lipinski definition) is 6. The molecule has 1 saturated carbocycles. The minimum absolute atomic E-state index is 0.108. The lowest BCUT2D eigenvalue weighted by Gasteiger charge is -2.21. The van der Waals surface area contributed by atoms with E-state index in [1.807, 2.05) is 22.6 Å². The first-order valence-electron chi connectivity index (χ1n) is 8.14. The molecule has 1 aromatic rings. The van der Waals surface area contributed by atoms with E-state index in [1.54, 1.807) is 5.32 Å². The fourth-order valence-corrected chi connectivity index (χ4v) is 3.38. The Morgan fingerprint density at radius 1 is 1.26 bits per heavy atom. The van der Waals surface area contributed by atoms with Crippen molar-refractivity contribution in [2.75, 3.05) is 6.54 Å². The Labute approximate surface area is 168 Å². The van der Waals surface area contributed by atoms with Gasteiger partial charge in [0.2, 0.25) is 0 Å². The summed E-state index contributed by atoms with van der Waals surface area (Å²) >= 11 is 1.93. The summed E-state index contributed by atoms with van der Waals surface area (Å²) in [6.45, 7) is -1.68. The number of hydrogen-bond donors (Lipinski definition) is 1. The zero-order valence-electron chi connectivity index (χ0n) is 14.0. The molecule has 0 radical (unpaired) electrons. The highest BCUT2D eigenvalue weighted by molar-refractivity contribution is 14.1. The Morgan fingerprint density at radius 3 is 2.48 bits per heavy atom. The third kappa shape index (κ3) is 5.82. The minimum atomic E-state index is -5.92. The topological polar surface area (TPSA) is 113 Å². The number of ether oxygens (including phenoxy) is 1. The van der Waals surface area contributed by atoms with Crippen molar-refractivity contribution >= 4 is 44.6 Å². The third-order valence-corrected chi connectivity index (χ3v) is 5.70. The van der Waals surface area contributed by atoms with Crippen LogP contribution in [0.4, 0.5) is 8.78 Å². The van der Waals surface area contributed by atoms with Gasteiger partial charge in [0, 0.05) is 3.57 Å². The van der Waals surface area contributed by atoms with Crippen LogP contribution in [0.15, 0.2) is 18.2 Å². The molecule has 1 aliphatic rings. The second-order valence-electron chi connectivity index (χ2n) is 6.17. The van der Waals surface area contributed by atoms with Gasteiger partial charge in [0.1, 0.15) is 5.75 Å². The van der Waals surface area contributed by atoms with Crippen molar-refractivity contribution < 1.29 is 36.1 Å². The van der Waals surface area contributed by atoms with E-state index < -0.39 is 33.8 Å². The third-order valence-electron chi connectivity index (χ3n) is 4.16. The Morgan fingerprint density at radius 2 is 1.89 bits per heavy atom. The molecule has 1 amide bonds. The van der Waals surface area contributed by atoms with Gasteiger partial charge in [0.15, 0.2) is 10.1 Å². The Balaban J connectivity index is 2.14. The van der Waals surface area contributed by atoms with Crippen LogP contribution in [0.2, 0.25) is 0 Å². The maximum atomic E-state index is 13.2. The first-order chi connectivity index (χ1) is 12.5. The van der Waals surface area contributed by atoms with Gasteiger partial charge in [-0.15, -0.1) is 0 Å². The van der Waals surface area contributed by atoms with Gasteiger partial charge < -0.3 is 14.6 Å². The molecule has 0 saturated heterocycles. The summed E-state index contributed by atoms with van der Waals surface area (Å²) in [6.07, 6.45) is 4.20. The van der Waals surface area contributed by atoms with Gasteiger partial charge in [-0.1, -0.05) is 19.3 Å². The highest BCUT2D eigenvalue weighted by Gasteiger charge is 2.38. The maximum absolute atomic E-state index is 13.2. The molecule has 1 fully saturated rings. The van der Waals surface area contributed by atoms with Gasteiger partial charge in [0.05, 0.1) is 18.0 Å². The van der Waals surface area contributed by atoms with E-state index in [4.69, 9.17) is 4.74 Å². The van der Waals surface area contributed by atoms with E-state index in [2.05, 4.69) is 0 Å². The zero-order chi connectivity index (χ0) is 20.2. The predicted molar refractivity (Wildman–Crippen MR) is 98.3 cm³/mol. The Kier molecular flexibility index (Phi) is 7.14. The van der Waals surface area contributed by atoms with Crippen LogP contribution in [0.1, 0.15) is 42.5 Å². The monoisotopic (exact) mass is 516 g/mol. The molecular weight excluding hydrogens is 499 g/mol. The van der Waals surface area contributed by atoms with Crippen molar-refractivity contribution in [1.29, 1.82) is 0 Å². The number of esters is 1. The molecule has 11 heteroatoms. The van der Waals surface area contributed by atoms with Crippen molar-refractivity contribution in [2.24, 2.45) is 5.92 Å². The fraction of sp³-hybridized carbons (Fsp3) is 0.500. The largest absolute Gasteiger partial charge is 0.743 e. The van der Waals surface area contributed by atoms with Crippen LogP contribution < -0.4 is 10.1 Å². The summed E-state index contributed by atoms with van der Waals surface area (Å²) in [5.41, 5.74) is -0.210. The van der Waals surface area contributed by atoms with E-state index in [0.29, 0.717) is 16.4 Å². The van der Waals surface area contributed by atoms with Gasteiger partial charge in [-0.2, -0.15) is 8.78 Å². The van der Waals surface area contributed by atoms with Crippen LogP contribution in [0.5, 0.6) is 5.75 Å². The number of benzene rings is 1. The van der Waals surface area contributed by atoms with Gasteiger partial charge in [0.25, 0.3) is 5.91 Å². The second-order valence-corrected chi connectivity index (χ2v) is 8.92. The minimum Gasteiger partial charge on any atom is -0.743 e. The van der Waals surface area contributed by atoms with Crippen molar-refractivity contribution in [3.05, 3.63) is 27.3 Å². The van der Waals surface area contributed by atoms with Crippen LogP contribution in [0.3, 0.4) is 0 Å². The van der Waals surface area contributed by atoms with Gasteiger partial charge in [-0.3, -0.25) is 9.59 Å². The number of carbonyl (C=O) groups is 2. The molecule has 7 nitrogen and oxygen atoms in total. The first-order valence-corrected chi connectivity index (χ1v) is 10.6. The summed E-state index contributed by atoms with van der Waals surface area (Å²) < 4.78 is 63.9. The maximum Gasteiger partial charge on any atom is 0.351 e. The number of nitrogens with one attached hydrogen (secondary N) is 1. The van der Waals surface area contributed by atoms with Crippen molar-refractivity contribution in [3.8, 4) is 5.75 Å². The lowest BCUT2D eigenvalue weighted by molar-refractivity contribution is -0.140. The standard InChI is InChI=1S/C16H18F2INO6S/c17-16(18,27(23,24)25)9-20-14(21)12-7-6-11(19)8-13(12)26-15(22)10-4-2-1-3-5-10/h6-8,10H,1-5,9H2,(H,20,21)(H,23,24,25)/p-1. The molecule has 0 aliphatic heterocycles. The molecule has 1 aromatic carbocycles. The summed E-state index contributed by atoms with van der Waals surface area (Å²) in [5.74, 6) is -1.98. The van der Waals surface area contributed by atoms with Crippen molar-refractivity contribution in [2.45, 2.75) is 37.4 Å². The van der Waals surface area contributed by atoms with Crippen molar-refractivity contribution in [3.63, 3.8) is 0 Å². The number of carbonyl (C=O) groups excluding carboxylic acids is 2. The lowest BCUT2D eigenvalue weighted by atomic mass is 9.89. The Bertz CT molecular complexity index is 824. The molecular formula is C16H17F2INO6S-. The molecule has 0 bridgehead atoms. The van der Waals surface area contributed by atoms with Crippen LogP contribution in [-0.2, 0) is 14.9 Å². The summed E-state index contributed by atoms with van der Waals surface area (Å²) in [6, 6.07) is 4.17. The molecule has 1 aliphatic carbocycles. The van der Waals surface area contributed by atoms with E-state index in [-0.39, 0.29) is 17.2 Å². The average molecular weight is 516 g/mol. The molecule has 1 N–H and O–H groups in total. The number of alkyl halides is 2. The zero-order valence-corrected chi connectivity index (χ0v) is 17.0. The molecule has 0 heterocycles. The molecule has 0 atom stereocenters. The molecule has 0 spiro atoms. The highest BCUT2D eigenvalue weighted by atomic mass is 127. The first kappa shape index (κ1) is 22.0. The normalized spacial score (nSPS) is 16.0. The number of rotatable bonds is 6. The summed E-state index contributed by atoms with van der Waals surface area (Å²) in [4.78, 5) is 24.5. The van der Waals surface area contributed by atoms with Gasteiger partial charge in [-0.25, -0.2) is 8.42 Å². The lowest BCUT2D eigenvalue weighted by Crippen LogP contribution is -2.42. The van der Waals surface area contributed by atoms with Crippen LogP contribution in [0, 0.1) is 9.49 Å². The highest BCUT2D eigenvalue weighted by Crippen LogP contribution is 2.28. The quantitative estimate of drug-likeness (QED) is 0.269. The Hall–Kier alpha value is -1.34. The van der Waals surface area contributed by atoms with E-state index in [1.165, 1.54) is 18.2 Å². The summed E-state index contributed by atoms with van der Waals surface area (Å²) in [5, 5.41) is -2.95. The van der Waals surface area contributed by atoms with Gasteiger partial charge >= 0.3 is 11.2 Å². The van der Waals surface area contributed by atoms with Crippen LogP contribution in [0.25, 0.3) is 0 Å². The predicted octanol–water partition coefficient (Wildman–Crippen LogP) is 2.64. The molecule has 27 heavy (non-hydrogen) atoms. The molecule has 2 rings (SSSR count). The van der Waals surface area contributed by atoms with E-state index in [0.717, 1.165) is 19.3 Å². The SMILES string of the molecule is O=C(NCC(F)(F)S(=O)(=O)[O-])c1ccc(I)cc1OC(=O)C1CCCCC1. The number of halogens is 3. The summed E-state index contributed by atoms with van der Waals surface area (Å²) in [7, 11) is -5.92. The second kappa shape index (κ2) is 8.78. The van der Waals surface area contributed by atoms with Crippen LogP contribution >= 0.6 is 22.6 Å².